The third-order valence-corrected chi connectivity index (χ3v) is 4.02. The first-order valence-electron chi connectivity index (χ1n) is 7.78. The Balaban J connectivity index is 1.80. The van der Waals surface area contributed by atoms with Crippen LogP contribution in [0, 0.1) is 0 Å². The minimum atomic E-state index is -0.218. The Morgan fingerprint density at radius 3 is 2.72 bits per heavy atom. The van der Waals surface area contributed by atoms with Gasteiger partial charge in [0.1, 0.15) is 5.82 Å². The molecule has 2 aliphatic rings. The Labute approximate surface area is 144 Å². The predicted molar refractivity (Wildman–Crippen MR) is 98.6 cm³/mol. The second-order valence-corrected chi connectivity index (χ2v) is 5.75. The highest BCUT2D eigenvalue weighted by molar-refractivity contribution is 6.25. The maximum Gasteiger partial charge on any atom is 0.275 e. The first-order chi connectivity index (χ1) is 12.1. The van der Waals surface area contributed by atoms with Gasteiger partial charge in [0.05, 0.1) is 28.9 Å². The monoisotopic (exact) mass is 332 g/mol. The van der Waals surface area contributed by atoms with Crippen LogP contribution in [0.25, 0.3) is 5.70 Å². The zero-order valence-corrected chi connectivity index (χ0v) is 13.5. The van der Waals surface area contributed by atoms with Crippen LogP contribution in [0.15, 0.2) is 65.0 Å². The van der Waals surface area contributed by atoms with Gasteiger partial charge in [0.15, 0.2) is 0 Å². The molecule has 2 aromatic rings. The molecule has 5 N–H and O–H groups in total. The molecule has 1 aromatic heterocycles. The second kappa shape index (κ2) is 5.79. The van der Waals surface area contributed by atoms with Crippen molar-refractivity contribution in [2.45, 2.75) is 6.92 Å². The minimum absolute atomic E-state index is 0.218. The summed E-state index contributed by atoms with van der Waals surface area (Å²) in [6.07, 6.45) is 3.57. The summed E-state index contributed by atoms with van der Waals surface area (Å²) in [6, 6.07) is 11.5. The van der Waals surface area contributed by atoms with Crippen molar-refractivity contribution in [2.75, 3.05) is 16.4 Å². The van der Waals surface area contributed by atoms with Crippen molar-refractivity contribution in [1.82, 2.24) is 10.4 Å². The quantitative estimate of drug-likeness (QED) is 0.632. The van der Waals surface area contributed by atoms with E-state index in [-0.39, 0.29) is 5.91 Å². The summed E-state index contributed by atoms with van der Waals surface area (Å²) in [5.41, 5.74) is 13.6. The Bertz CT molecular complexity index is 956. The summed E-state index contributed by atoms with van der Waals surface area (Å²) in [5, 5.41) is 10.6. The number of hydrogen-bond acceptors (Lipinski definition) is 6. The Morgan fingerprint density at radius 1 is 1.16 bits per heavy atom. The average molecular weight is 332 g/mol. The Morgan fingerprint density at radius 2 is 2.00 bits per heavy atom. The first kappa shape index (κ1) is 14.9. The van der Waals surface area contributed by atoms with Crippen molar-refractivity contribution in [2.24, 2.45) is 5.10 Å². The van der Waals surface area contributed by atoms with Gasteiger partial charge in [-0.3, -0.25) is 4.79 Å². The number of nitrogens with two attached hydrogens (primary N) is 1. The molecule has 1 aromatic carbocycles. The molecule has 0 fully saturated rings. The van der Waals surface area contributed by atoms with E-state index in [9.17, 15) is 4.79 Å². The summed E-state index contributed by atoms with van der Waals surface area (Å²) >= 11 is 0. The molecule has 7 nitrogen and oxygen atoms in total. The number of aromatic nitrogens is 1. The van der Waals surface area contributed by atoms with Crippen molar-refractivity contribution in [1.29, 1.82) is 0 Å². The van der Waals surface area contributed by atoms with Gasteiger partial charge >= 0.3 is 0 Å². The summed E-state index contributed by atoms with van der Waals surface area (Å²) in [7, 11) is 0. The van der Waals surface area contributed by atoms with Crippen LogP contribution in [0.1, 0.15) is 12.5 Å². The van der Waals surface area contributed by atoms with Crippen LogP contribution in [-0.4, -0.2) is 16.6 Å². The number of amides is 1. The normalized spacial score (nSPS) is 18.7. The van der Waals surface area contributed by atoms with Crippen molar-refractivity contribution >= 4 is 34.5 Å². The Kier molecular flexibility index (Phi) is 3.46. The lowest BCUT2D eigenvalue weighted by atomic mass is 10.00. The molecule has 2 aliphatic heterocycles. The third kappa shape index (κ3) is 2.72. The lowest BCUT2D eigenvalue weighted by Crippen LogP contribution is -2.20. The van der Waals surface area contributed by atoms with E-state index in [0.29, 0.717) is 22.8 Å². The molecule has 0 atom stereocenters. The van der Waals surface area contributed by atoms with Crippen molar-refractivity contribution in [3.63, 3.8) is 0 Å². The van der Waals surface area contributed by atoms with Gasteiger partial charge in [0.25, 0.3) is 5.91 Å². The average Bonchev–Trinajstić information content (AvgIpc) is 2.95. The minimum Gasteiger partial charge on any atom is -0.384 e. The highest BCUT2D eigenvalue weighted by Crippen LogP contribution is 2.33. The molecule has 25 heavy (non-hydrogen) atoms. The number of nitrogens with one attached hydrogen (secondary N) is 3. The van der Waals surface area contributed by atoms with E-state index in [1.54, 1.807) is 19.2 Å². The summed E-state index contributed by atoms with van der Waals surface area (Å²) < 4.78 is 0. The lowest BCUT2D eigenvalue weighted by Gasteiger charge is -2.23. The van der Waals surface area contributed by atoms with Crippen molar-refractivity contribution in [3.8, 4) is 0 Å². The predicted octanol–water partition coefficient (Wildman–Crippen LogP) is 2.30. The zero-order valence-electron chi connectivity index (χ0n) is 13.5. The number of carbonyl (C=O) groups is 1. The zero-order chi connectivity index (χ0) is 17.4. The second-order valence-electron chi connectivity index (χ2n) is 5.75. The molecule has 0 aliphatic carbocycles. The molecule has 0 unspecified atom stereocenters. The lowest BCUT2D eigenvalue weighted by molar-refractivity contribution is -0.116. The number of anilines is 3. The van der Waals surface area contributed by atoms with Crippen LogP contribution in [0.3, 0.4) is 0 Å². The van der Waals surface area contributed by atoms with Gasteiger partial charge in [0, 0.05) is 16.9 Å². The van der Waals surface area contributed by atoms with E-state index in [0.717, 1.165) is 22.6 Å². The SMILES string of the molecule is CC1=NNC(=O)C1=C1C=C(Nc2ccc(N)nc2)c2ccccc2N1. The smallest absolute Gasteiger partial charge is 0.275 e. The topological polar surface area (TPSA) is 104 Å². The Hall–Kier alpha value is -3.61. The number of hydrazone groups is 1. The molecule has 0 saturated heterocycles. The number of para-hydroxylation sites is 1. The highest BCUT2D eigenvalue weighted by atomic mass is 16.2. The number of allylic oxidation sites excluding steroid dienone is 1. The largest absolute Gasteiger partial charge is 0.384 e. The molecule has 3 heterocycles. The van der Waals surface area contributed by atoms with E-state index in [2.05, 4.69) is 26.1 Å². The fourth-order valence-electron chi connectivity index (χ4n) is 2.83. The number of benzene rings is 1. The number of nitrogen functional groups attached to an aromatic ring is 1. The van der Waals surface area contributed by atoms with Gasteiger partial charge in [-0.15, -0.1) is 0 Å². The fourth-order valence-corrected chi connectivity index (χ4v) is 2.83. The molecule has 124 valence electrons. The maximum atomic E-state index is 12.1. The van der Waals surface area contributed by atoms with E-state index in [1.807, 2.05) is 36.4 Å². The van der Waals surface area contributed by atoms with Gasteiger partial charge in [-0.1, -0.05) is 18.2 Å². The number of hydrogen-bond donors (Lipinski definition) is 4. The number of pyridine rings is 1. The van der Waals surface area contributed by atoms with Crippen LogP contribution in [0.5, 0.6) is 0 Å². The van der Waals surface area contributed by atoms with Gasteiger partial charge in [-0.25, -0.2) is 10.4 Å². The summed E-state index contributed by atoms with van der Waals surface area (Å²) in [6.45, 7) is 1.80. The molecule has 1 amide bonds. The van der Waals surface area contributed by atoms with Crippen molar-refractivity contribution < 1.29 is 4.79 Å². The van der Waals surface area contributed by atoms with Crippen molar-refractivity contribution in [3.05, 3.63) is 65.5 Å². The maximum absolute atomic E-state index is 12.1. The highest BCUT2D eigenvalue weighted by Gasteiger charge is 2.26. The molecule has 0 spiro atoms. The van der Waals surface area contributed by atoms with Gasteiger partial charge in [-0.2, -0.15) is 5.10 Å². The number of carbonyl (C=O) groups excluding carboxylic acids is 1. The van der Waals surface area contributed by atoms with E-state index < -0.39 is 0 Å². The first-order valence-corrected chi connectivity index (χ1v) is 7.78. The van der Waals surface area contributed by atoms with E-state index in [1.165, 1.54) is 0 Å². The van der Waals surface area contributed by atoms with Gasteiger partial charge in [0.2, 0.25) is 0 Å². The summed E-state index contributed by atoms with van der Waals surface area (Å²) in [5.74, 6) is 0.242. The van der Waals surface area contributed by atoms with Gasteiger partial charge < -0.3 is 16.4 Å². The number of nitrogens with zero attached hydrogens (tertiary/aromatic N) is 2. The number of rotatable bonds is 2. The standard InChI is InChI=1S/C18H16N6O/c1-10-17(18(25)24-23-10)15-8-14(12-4-2-3-5-13(12)22-15)21-11-6-7-16(19)20-9-11/h2-9,21-22H,1H3,(H2,19,20)(H,24,25). The van der Waals surface area contributed by atoms with E-state index in [4.69, 9.17) is 5.73 Å². The van der Waals surface area contributed by atoms with Crippen LogP contribution in [0.4, 0.5) is 17.2 Å². The molecular weight excluding hydrogens is 316 g/mol. The third-order valence-electron chi connectivity index (χ3n) is 4.02. The molecular formula is C18H16N6O. The molecule has 0 bridgehead atoms. The van der Waals surface area contributed by atoms with Gasteiger partial charge in [-0.05, 0) is 31.2 Å². The van der Waals surface area contributed by atoms with Crippen LogP contribution in [-0.2, 0) is 4.79 Å². The van der Waals surface area contributed by atoms with Crippen LogP contribution < -0.4 is 21.8 Å². The van der Waals surface area contributed by atoms with Crippen LogP contribution >= 0.6 is 0 Å². The molecule has 0 radical (unpaired) electrons. The molecule has 0 saturated carbocycles. The van der Waals surface area contributed by atoms with E-state index >= 15 is 0 Å². The summed E-state index contributed by atoms with van der Waals surface area (Å²) in [4.78, 5) is 16.2. The van der Waals surface area contributed by atoms with Crippen LogP contribution in [0.2, 0.25) is 0 Å². The number of fused-ring (bicyclic) bond motifs is 1. The fraction of sp³-hybridized carbons (Fsp3) is 0.0556. The molecule has 7 heteroatoms. The molecule has 4 rings (SSSR count).